The van der Waals surface area contributed by atoms with Gasteiger partial charge >= 0.3 is 0 Å². The molecule has 2 amide bonds. The molecule has 30 heavy (non-hydrogen) atoms. The Hall–Kier alpha value is -3.82. The van der Waals surface area contributed by atoms with Gasteiger partial charge in [-0.05, 0) is 62.5 Å². The van der Waals surface area contributed by atoms with E-state index in [1.165, 1.54) is 47.2 Å². The van der Waals surface area contributed by atoms with Gasteiger partial charge in [0.15, 0.2) is 5.11 Å². The van der Waals surface area contributed by atoms with E-state index in [9.17, 15) is 19.2 Å². The van der Waals surface area contributed by atoms with Crippen LogP contribution in [0.15, 0.2) is 36.4 Å². The molecule has 1 fully saturated rings. The van der Waals surface area contributed by atoms with E-state index in [-0.39, 0.29) is 27.7 Å². The van der Waals surface area contributed by atoms with Crippen LogP contribution in [0.2, 0.25) is 0 Å². The fraction of sp³-hybridized carbons (Fsp3) is 0.190. The summed E-state index contributed by atoms with van der Waals surface area (Å²) in [4.78, 5) is 27.7. The van der Waals surface area contributed by atoms with E-state index >= 15 is 0 Å². The normalized spacial score (nSPS) is 15.0. The van der Waals surface area contributed by atoms with Crippen molar-refractivity contribution in [3.05, 3.63) is 58.9 Å². The van der Waals surface area contributed by atoms with Crippen molar-refractivity contribution in [1.29, 1.82) is 10.5 Å². The average Bonchev–Trinajstić information content (AvgIpc) is 2.90. The lowest BCUT2D eigenvalue weighted by atomic mass is 10.0. The predicted octanol–water partition coefficient (Wildman–Crippen LogP) is 2.85. The number of carbonyl (C=O) groups excluding carboxylic acids is 2. The van der Waals surface area contributed by atoms with Gasteiger partial charge in [0.25, 0.3) is 11.8 Å². The Morgan fingerprint density at radius 3 is 2.30 bits per heavy atom. The highest BCUT2D eigenvalue weighted by Gasteiger charge is 2.50. The molecule has 0 aliphatic carbocycles. The fourth-order valence-electron chi connectivity index (χ4n) is 3.28. The third-order valence-electron chi connectivity index (χ3n) is 4.85. The monoisotopic (exact) mass is 421 g/mol. The molecule has 9 heteroatoms. The lowest BCUT2D eigenvalue weighted by Gasteiger charge is -2.29. The molecule has 0 spiro atoms. The fourth-order valence-corrected chi connectivity index (χ4v) is 3.80. The van der Waals surface area contributed by atoms with Gasteiger partial charge in [-0.15, -0.1) is 0 Å². The Balaban J connectivity index is 2.08. The number of nitrogens with one attached hydrogen (secondary N) is 1. The van der Waals surface area contributed by atoms with Crippen LogP contribution < -0.4 is 15.1 Å². The van der Waals surface area contributed by atoms with Crippen molar-refractivity contribution in [1.82, 2.24) is 5.32 Å². The molecule has 0 radical (unpaired) electrons. The van der Waals surface area contributed by atoms with E-state index in [0.717, 1.165) is 6.07 Å². The number of carbonyl (C=O) groups is 2. The van der Waals surface area contributed by atoms with Gasteiger partial charge in [-0.25, -0.2) is 4.39 Å². The van der Waals surface area contributed by atoms with Gasteiger partial charge in [0.05, 0.1) is 22.4 Å². The predicted molar refractivity (Wildman–Crippen MR) is 112 cm³/mol. The smallest absolute Gasteiger partial charge is 0.259 e. The van der Waals surface area contributed by atoms with Crippen LogP contribution in [0.1, 0.15) is 35.3 Å². The molecule has 0 saturated carbocycles. The van der Waals surface area contributed by atoms with Crippen molar-refractivity contribution in [2.24, 2.45) is 0 Å². The van der Waals surface area contributed by atoms with E-state index in [2.05, 4.69) is 5.32 Å². The minimum atomic E-state index is -1.15. The maximum absolute atomic E-state index is 14.5. The summed E-state index contributed by atoms with van der Waals surface area (Å²) in [5, 5.41) is 20.8. The molecule has 2 aromatic rings. The van der Waals surface area contributed by atoms with Gasteiger partial charge in [0, 0.05) is 12.7 Å². The zero-order valence-electron chi connectivity index (χ0n) is 16.4. The standard InChI is InChI=1S/C21H16FN5O2S/c1-21(2)19(29)26(14-5-4-12(10-23)13(8-14)11-24)20(30)27(21)15-6-7-16(17(22)9-15)18(28)25-3/h4-9H,1-3H3,(H,25,28). The number of nitrogens with zero attached hydrogens (tertiary/aromatic N) is 4. The number of hydrogen-bond acceptors (Lipinski definition) is 5. The van der Waals surface area contributed by atoms with Crippen LogP contribution >= 0.6 is 12.2 Å². The molecule has 7 nitrogen and oxygen atoms in total. The van der Waals surface area contributed by atoms with Crippen molar-refractivity contribution in [2.75, 3.05) is 16.8 Å². The van der Waals surface area contributed by atoms with Crippen LogP contribution in [-0.4, -0.2) is 29.5 Å². The summed E-state index contributed by atoms with van der Waals surface area (Å²) < 4.78 is 14.5. The summed E-state index contributed by atoms with van der Waals surface area (Å²) >= 11 is 5.52. The van der Waals surface area contributed by atoms with Crippen LogP contribution in [0, 0.1) is 28.5 Å². The van der Waals surface area contributed by atoms with E-state index in [0.29, 0.717) is 11.4 Å². The van der Waals surface area contributed by atoms with Crippen molar-refractivity contribution in [3.63, 3.8) is 0 Å². The van der Waals surface area contributed by atoms with Crippen molar-refractivity contribution in [2.45, 2.75) is 19.4 Å². The second kappa shape index (κ2) is 7.54. The highest BCUT2D eigenvalue weighted by molar-refractivity contribution is 7.81. The SMILES string of the molecule is CNC(=O)c1ccc(N2C(=S)N(c3ccc(C#N)c(C#N)c3)C(=O)C2(C)C)cc1F. The maximum atomic E-state index is 14.5. The van der Waals surface area contributed by atoms with Gasteiger partial charge in [-0.2, -0.15) is 10.5 Å². The number of halogens is 1. The molecule has 1 heterocycles. The first kappa shape index (κ1) is 20.9. The van der Waals surface area contributed by atoms with Gasteiger partial charge in [0.1, 0.15) is 23.5 Å². The Morgan fingerprint density at radius 1 is 1.10 bits per heavy atom. The maximum Gasteiger partial charge on any atom is 0.259 e. The number of rotatable bonds is 3. The molecule has 150 valence electrons. The summed E-state index contributed by atoms with van der Waals surface area (Å²) in [5.74, 6) is -1.69. The minimum Gasteiger partial charge on any atom is -0.355 e. The Morgan fingerprint density at radius 2 is 1.73 bits per heavy atom. The number of hydrogen-bond donors (Lipinski definition) is 1. The van der Waals surface area contributed by atoms with Gasteiger partial charge in [-0.3, -0.25) is 14.5 Å². The van der Waals surface area contributed by atoms with E-state index in [1.54, 1.807) is 13.8 Å². The van der Waals surface area contributed by atoms with Crippen molar-refractivity contribution in [3.8, 4) is 12.1 Å². The Labute approximate surface area is 177 Å². The molecular formula is C21H16FN5O2S. The molecule has 2 aromatic carbocycles. The van der Waals surface area contributed by atoms with Gasteiger partial charge < -0.3 is 10.2 Å². The zero-order chi connectivity index (χ0) is 22.2. The zero-order valence-corrected chi connectivity index (χ0v) is 17.2. The van der Waals surface area contributed by atoms with Gasteiger partial charge in [0.2, 0.25) is 0 Å². The molecule has 1 aliphatic rings. The molecule has 0 atom stereocenters. The van der Waals surface area contributed by atoms with E-state index in [4.69, 9.17) is 17.5 Å². The molecule has 0 aromatic heterocycles. The lowest BCUT2D eigenvalue weighted by Crippen LogP contribution is -2.44. The van der Waals surface area contributed by atoms with Gasteiger partial charge in [-0.1, -0.05) is 0 Å². The summed E-state index contributed by atoms with van der Waals surface area (Å²) in [6.07, 6.45) is 0. The number of nitriles is 2. The third kappa shape index (κ3) is 3.15. The first-order valence-electron chi connectivity index (χ1n) is 8.82. The number of benzene rings is 2. The lowest BCUT2D eigenvalue weighted by molar-refractivity contribution is -0.120. The van der Waals surface area contributed by atoms with E-state index < -0.39 is 17.3 Å². The van der Waals surface area contributed by atoms with E-state index in [1.807, 2.05) is 12.1 Å². The summed E-state index contributed by atoms with van der Waals surface area (Å²) in [5.41, 5.74) is -0.347. The third-order valence-corrected chi connectivity index (χ3v) is 5.22. The van der Waals surface area contributed by atoms with Crippen LogP contribution in [0.4, 0.5) is 15.8 Å². The number of anilines is 2. The summed E-state index contributed by atoms with van der Waals surface area (Å²) in [6.45, 7) is 3.28. The molecule has 0 unspecified atom stereocenters. The first-order chi connectivity index (χ1) is 14.2. The molecule has 1 aliphatic heterocycles. The Bertz CT molecular complexity index is 1180. The molecule has 1 N–H and O–H groups in total. The van der Waals surface area contributed by atoms with Crippen molar-refractivity contribution < 1.29 is 14.0 Å². The molecule has 3 rings (SSSR count). The van der Waals surface area contributed by atoms with Crippen molar-refractivity contribution >= 4 is 40.5 Å². The highest BCUT2D eigenvalue weighted by atomic mass is 32.1. The second-order valence-corrected chi connectivity index (χ2v) is 7.38. The quantitative estimate of drug-likeness (QED) is 0.765. The van der Waals surface area contributed by atoms with Crippen LogP contribution in [-0.2, 0) is 4.79 Å². The van der Waals surface area contributed by atoms with Crippen LogP contribution in [0.5, 0.6) is 0 Å². The van der Waals surface area contributed by atoms with Crippen LogP contribution in [0.25, 0.3) is 0 Å². The minimum absolute atomic E-state index is 0.0886. The van der Waals surface area contributed by atoms with Crippen LogP contribution in [0.3, 0.4) is 0 Å². The highest BCUT2D eigenvalue weighted by Crippen LogP contribution is 2.37. The summed E-state index contributed by atoms with van der Waals surface area (Å²) in [7, 11) is 1.40. The molecule has 1 saturated heterocycles. The number of amides is 2. The molecule has 0 bridgehead atoms. The Kier molecular flexibility index (Phi) is 5.26. The second-order valence-electron chi connectivity index (χ2n) is 7.01. The molecular weight excluding hydrogens is 405 g/mol. The average molecular weight is 421 g/mol. The number of thiocarbonyl (C=S) groups is 1. The summed E-state index contributed by atoms with van der Waals surface area (Å²) in [6, 6.07) is 12.2. The largest absolute Gasteiger partial charge is 0.355 e. The topological polar surface area (TPSA) is 100 Å². The first-order valence-corrected chi connectivity index (χ1v) is 9.22.